The van der Waals surface area contributed by atoms with Crippen molar-refractivity contribution in [3.63, 3.8) is 0 Å². The standard InChI is InChI=1S/C16H25N3O2/c1-16(2,3)21-15(20)19-9-5-8-18(10-11-19)13-14-6-4-7-17-12-14/h4,6-7,12H,5,8-11,13H2,1-3H3. The van der Waals surface area contributed by atoms with E-state index in [0.717, 1.165) is 39.1 Å². The van der Waals surface area contributed by atoms with Gasteiger partial charge in [0.05, 0.1) is 0 Å². The van der Waals surface area contributed by atoms with Crippen LogP contribution in [0.4, 0.5) is 4.79 Å². The zero-order valence-corrected chi connectivity index (χ0v) is 13.2. The Hall–Kier alpha value is -1.62. The number of aromatic nitrogens is 1. The van der Waals surface area contributed by atoms with Crippen LogP contribution in [-0.2, 0) is 11.3 Å². The first-order valence-electron chi connectivity index (χ1n) is 7.53. The minimum Gasteiger partial charge on any atom is -0.444 e. The van der Waals surface area contributed by atoms with Gasteiger partial charge in [0, 0.05) is 45.1 Å². The van der Waals surface area contributed by atoms with Crippen molar-refractivity contribution in [2.24, 2.45) is 0 Å². The Morgan fingerprint density at radius 1 is 1.29 bits per heavy atom. The molecule has 0 radical (unpaired) electrons. The number of rotatable bonds is 2. The van der Waals surface area contributed by atoms with Crippen LogP contribution in [0.15, 0.2) is 24.5 Å². The molecule has 0 aromatic carbocycles. The van der Waals surface area contributed by atoms with Crippen LogP contribution in [-0.4, -0.2) is 52.7 Å². The second-order valence-electron chi connectivity index (χ2n) is 6.46. The van der Waals surface area contributed by atoms with E-state index in [9.17, 15) is 4.79 Å². The Morgan fingerprint density at radius 3 is 2.76 bits per heavy atom. The molecule has 1 aromatic rings. The first kappa shape index (κ1) is 15.8. The number of carbonyl (C=O) groups excluding carboxylic acids is 1. The molecule has 0 atom stereocenters. The van der Waals surface area contributed by atoms with E-state index in [0.29, 0.717) is 0 Å². The number of hydrogen-bond donors (Lipinski definition) is 0. The number of carbonyl (C=O) groups is 1. The monoisotopic (exact) mass is 291 g/mol. The maximum Gasteiger partial charge on any atom is 0.410 e. The van der Waals surface area contributed by atoms with Crippen molar-refractivity contribution in [2.75, 3.05) is 26.2 Å². The highest BCUT2D eigenvalue weighted by atomic mass is 16.6. The Bertz CT molecular complexity index is 456. The first-order valence-corrected chi connectivity index (χ1v) is 7.53. The number of amides is 1. The van der Waals surface area contributed by atoms with Crippen molar-refractivity contribution in [3.8, 4) is 0 Å². The second kappa shape index (κ2) is 6.89. The Morgan fingerprint density at radius 2 is 2.10 bits per heavy atom. The fourth-order valence-electron chi connectivity index (χ4n) is 2.39. The molecule has 21 heavy (non-hydrogen) atoms. The van der Waals surface area contributed by atoms with Crippen molar-refractivity contribution in [2.45, 2.75) is 39.3 Å². The van der Waals surface area contributed by atoms with Crippen LogP contribution < -0.4 is 0 Å². The molecule has 2 rings (SSSR count). The summed E-state index contributed by atoms with van der Waals surface area (Å²) in [5, 5.41) is 0. The molecule has 1 amide bonds. The topological polar surface area (TPSA) is 45.7 Å². The number of nitrogens with zero attached hydrogens (tertiary/aromatic N) is 3. The van der Waals surface area contributed by atoms with Gasteiger partial charge in [0.2, 0.25) is 0 Å². The van der Waals surface area contributed by atoms with E-state index >= 15 is 0 Å². The predicted molar refractivity (Wildman–Crippen MR) is 81.9 cm³/mol. The van der Waals surface area contributed by atoms with Gasteiger partial charge in [-0.1, -0.05) is 6.07 Å². The van der Waals surface area contributed by atoms with Gasteiger partial charge < -0.3 is 9.64 Å². The fraction of sp³-hybridized carbons (Fsp3) is 0.625. The van der Waals surface area contributed by atoms with Crippen molar-refractivity contribution >= 4 is 6.09 Å². The molecule has 0 unspecified atom stereocenters. The van der Waals surface area contributed by atoms with Crippen LogP contribution in [0.5, 0.6) is 0 Å². The highest BCUT2D eigenvalue weighted by molar-refractivity contribution is 5.68. The summed E-state index contributed by atoms with van der Waals surface area (Å²) < 4.78 is 5.44. The molecule has 5 nitrogen and oxygen atoms in total. The summed E-state index contributed by atoms with van der Waals surface area (Å²) >= 11 is 0. The molecule has 0 N–H and O–H groups in total. The molecule has 0 bridgehead atoms. The van der Waals surface area contributed by atoms with Crippen molar-refractivity contribution in [3.05, 3.63) is 30.1 Å². The molecule has 1 aliphatic heterocycles. The minimum absolute atomic E-state index is 0.203. The molecule has 2 heterocycles. The zero-order valence-electron chi connectivity index (χ0n) is 13.2. The highest BCUT2D eigenvalue weighted by Gasteiger charge is 2.24. The lowest BCUT2D eigenvalue weighted by Gasteiger charge is -2.26. The third-order valence-corrected chi connectivity index (χ3v) is 3.37. The van der Waals surface area contributed by atoms with Crippen LogP contribution >= 0.6 is 0 Å². The molecular weight excluding hydrogens is 266 g/mol. The van der Waals surface area contributed by atoms with E-state index in [2.05, 4.69) is 16.0 Å². The minimum atomic E-state index is -0.432. The quantitative estimate of drug-likeness (QED) is 0.840. The summed E-state index contributed by atoms with van der Waals surface area (Å²) in [6.07, 6.45) is 4.46. The summed E-state index contributed by atoms with van der Waals surface area (Å²) in [4.78, 5) is 20.4. The Labute approximate surface area is 126 Å². The van der Waals surface area contributed by atoms with Crippen LogP contribution in [0.2, 0.25) is 0 Å². The third-order valence-electron chi connectivity index (χ3n) is 3.37. The molecular formula is C16H25N3O2. The lowest BCUT2D eigenvalue weighted by atomic mass is 10.2. The van der Waals surface area contributed by atoms with Crippen molar-refractivity contribution < 1.29 is 9.53 Å². The molecule has 0 aliphatic carbocycles. The van der Waals surface area contributed by atoms with Crippen LogP contribution in [0, 0.1) is 0 Å². The summed E-state index contributed by atoms with van der Waals surface area (Å²) in [6, 6.07) is 4.05. The summed E-state index contributed by atoms with van der Waals surface area (Å²) in [5.41, 5.74) is 0.780. The third kappa shape index (κ3) is 5.34. The van der Waals surface area contributed by atoms with Gasteiger partial charge in [-0.3, -0.25) is 9.88 Å². The second-order valence-corrected chi connectivity index (χ2v) is 6.46. The fourth-order valence-corrected chi connectivity index (χ4v) is 2.39. The molecule has 116 valence electrons. The lowest BCUT2D eigenvalue weighted by molar-refractivity contribution is 0.0257. The van der Waals surface area contributed by atoms with Crippen LogP contribution in [0.3, 0.4) is 0 Å². The number of hydrogen-bond acceptors (Lipinski definition) is 4. The largest absolute Gasteiger partial charge is 0.444 e. The van der Waals surface area contributed by atoms with E-state index in [1.165, 1.54) is 5.56 Å². The maximum atomic E-state index is 12.1. The lowest BCUT2D eigenvalue weighted by Crippen LogP contribution is -2.39. The van der Waals surface area contributed by atoms with E-state index < -0.39 is 5.60 Å². The molecule has 1 aliphatic rings. The molecule has 5 heteroatoms. The smallest absolute Gasteiger partial charge is 0.410 e. The van der Waals surface area contributed by atoms with Gasteiger partial charge in [-0.05, 0) is 38.8 Å². The Balaban J connectivity index is 1.86. The van der Waals surface area contributed by atoms with E-state index in [1.54, 1.807) is 6.20 Å². The van der Waals surface area contributed by atoms with E-state index in [-0.39, 0.29) is 6.09 Å². The van der Waals surface area contributed by atoms with E-state index in [1.807, 2.05) is 37.9 Å². The van der Waals surface area contributed by atoms with Crippen LogP contribution in [0.1, 0.15) is 32.8 Å². The van der Waals surface area contributed by atoms with Gasteiger partial charge in [0.25, 0.3) is 0 Å². The van der Waals surface area contributed by atoms with Gasteiger partial charge in [-0.25, -0.2) is 4.79 Å². The van der Waals surface area contributed by atoms with Gasteiger partial charge in [0.15, 0.2) is 0 Å². The molecule has 1 fully saturated rings. The average Bonchev–Trinajstić information content (AvgIpc) is 2.64. The average molecular weight is 291 g/mol. The van der Waals surface area contributed by atoms with Crippen molar-refractivity contribution in [1.82, 2.24) is 14.8 Å². The SMILES string of the molecule is CC(C)(C)OC(=O)N1CCCN(Cc2cccnc2)CC1. The van der Waals surface area contributed by atoms with Gasteiger partial charge in [-0.15, -0.1) is 0 Å². The predicted octanol–water partition coefficient (Wildman–Crippen LogP) is 2.52. The zero-order chi connectivity index (χ0) is 15.3. The molecule has 0 spiro atoms. The first-order chi connectivity index (χ1) is 9.94. The molecule has 0 saturated carbocycles. The normalized spacial score (nSPS) is 17.4. The van der Waals surface area contributed by atoms with Gasteiger partial charge >= 0.3 is 6.09 Å². The highest BCUT2D eigenvalue weighted by Crippen LogP contribution is 2.13. The Kier molecular flexibility index (Phi) is 5.17. The maximum absolute atomic E-state index is 12.1. The van der Waals surface area contributed by atoms with Crippen molar-refractivity contribution in [1.29, 1.82) is 0 Å². The number of ether oxygens (including phenoxy) is 1. The molecule has 1 aromatic heterocycles. The van der Waals surface area contributed by atoms with E-state index in [4.69, 9.17) is 4.74 Å². The summed E-state index contributed by atoms with van der Waals surface area (Å²) in [5.74, 6) is 0. The summed E-state index contributed by atoms with van der Waals surface area (Å²) in [7, 11) is 0. The van der Waals surface area contributed by atoms with Gasteiger partial charge in [0.1, 0.15) is 5.60 Å². The van der Waals surface area contributed by atoms with Gasteiger partial charge in [-0.2, -0.15) is 0 Å². The number of pyridine rings is 1. The van der Waals surface area contributed by atoms with Crippen LogP contribution in [0.25, 0.3) is 0 Å². The summed E-state index contributed by atoms with van der Waals surface area (Å²) in [6.45, 7) is 9.93. The molecule has 1 saturated heterocycles.